The molecule has 0 aromatic heterocycles. The van der Waals surface area contributed by atoms with E-state index in [2.05, 4.69) is 101 Å². The normalized spacial score (nSPS) is 17.1. The van der Waals surface area contributed by atoms with E-state index >= 15 is 0 Å². The van der Waals surface area contributed by atoms with E-state index in [1.807, 2.05) is 0 Å². The van der Waals surface area contributed by atoms with E-state index in [-0.39, 0.29) is 10.8 Å². The summed E-state index contributed by atoms with van der Waals surface area (Å²) in [5.41, 5.74) is 10.3. The molecule has 0 unspecified atom stereocenters. The third-order valence-corrected chi connectivity index (χ3v) is 8.37. The Morgan fingerprint density at radius 3 is 2.00 bits per heavy atom. The third kappa shape index (κ3) is 1.81. The highest BCUT2D eigenvalue weighted by Gasteiger charge is 2.45. The number of rotatable bonds is 0. The van der Waals surface area contributed by atoms with Crippen molar-refractivity contribution in [1.82, 2.24) is 0 Å². The minimum absolute atomic E-state index is 0.00598. The molecule has 2 aliphatic carbocycles. The van der Waals surface area contributed by atoms with Gasteiger partial charge >= 0.3 is 0 Å². The Morgan fingerprint density at radius 2 is 1.19 bits per heavy atom. The van der Waals surface area contributed by atoms with Crippen molar-refractivity contribution >= 4 is 32.3 Å². The van der Waals surface area contributed by atoms with Crippen LogP contribution in [0.3, 0.4) is 0 Å². The molecule has 5 aromatic rings. The fourth-order valence-electron chi connectivity index (χ4n) is 6.93. The minimum Gasteiger partial charge on any atom is -0.0616 e. The van der Waals surface area contributed by atoms with Crippen molar-refractivity contribution in [2.24, 2.45) is 0 Å². The van der Waals surface area contributed by atoms with Gasteiger partial charge in [-0.25, -0.2) is 0 Å². The van der Waals surface area contributed by atoms with Gasteiger partial charge in [0.1, 0.15) is 0 Å². The van der Waals surface area contributed by atoms with Crippen LogP contribution in [0.2, 0.25) is 0 Å². The van der Waals surface area contributed by atoms with Gasteiger partial charge in [-0.2, -0.15) is 0 Å². The van der Waals surface area contributed by atoms with Gasteiger partial charge in [-0.1, -0.05) is 88.4 Å². The third-order valence-electron chi connectivity index (χ3n) is 8.37. The zero-order valence-electron chi connectivity index (χ0n) is 18.9. The average molecular weight is 399 g/mol. The van der Waals surface area contributed by atoms with Gasteiger partial charge in [-0.05, 0) is 84.3 Å². The molecule has 0 heterocycles. The molecule has 0 amide bonds. The van der Waals surface area contributed by atoms with Crippen molar-refractivity contribution < 1.29 is 0 Å². The van der Waals surface area contributed by atoms with Gasteiger partial charge in [0.2, 0.25) is 0 Å². The largest absolute Gasteiger partial charge is 0.0616 e. The Morgan fingerprint density at radius 1 is 0.548 bits per heavy atom. The SMILES string of the molecule is Cc1c2ccccc2cc2c3c4c5c(cccc5c12)C(C)(C)c1cccc(c1-4)C3(C)C. The fourth-order valence-corrected chi connectivity index (χ4v) is 6.93. The Balaban J connectivity index is 1.88. The summed E-state index contributed by atoms with van der Waals surface area (Å²) in [6.07, 6.45) is 0. The summed E-state index contributed by atoms with van der Waals surface area (Å²) in [6.45, 7) is 12.0. The van der Waals surface area contributed by atoms with Crippen LogP contribution in [0, 0.1) is 6.92 Å². The molecule has 0 nitrogen and oxygen atoms in total. The first-order chi connectivity index (χ1) is 14.8. The van der Waals surface area contributed by atoms with Gasteiger partial charge in [-0.15, -0.1) is 0 Å². The maximum atomic E-state index is 2.46. The van der Waals surface area contributed by atoms with E-state index in [0.717, 1.165) is 0 Å². The highest BCUT2D eigenvalue weighted by atomic mass is 14.5. The van der Waals surface area contributed by atoms with Crippen molar-refractivity contribution in [2.45, 2.75) is 45.4 Å². The summed E-state index contributed by atoms with van der Waals surface area (Å²) in [5.74, 6) is 0. The molecule has 0 atom stereocenters. The predicted molar refractivity (Wildman–Crippen MR) is 133 cm³/mol. The van der Waals surface area contributed by atoms with Crippen molar-refractivity contribution in [3.05, 3.63) is 94.5 Å². The topological polar surface area (TPSA) is 0 Å². The maximum absolute atomic E-state index is 2.46. The van der Waals surface area contributed by atoms with Crippen LogP contribution in [-0.2, 0) is 10.8 Å². The molecule has 0 fully saturated rings. The Labute approximate surface area is 183 Å². The number of hydrogen-bond acceptors (Lipinski definition) is 0. The van der Waals surface area contributed by atoms with Gasteiger partial charge in [0, 0.05) is 10.8 Å². The molecule has 150 valence electrons. The van der Waals surface area contributed by atoms with Gasteiger partial charge in [0.15, 0.2) is 0 Å². The summed E-state index contributed by atoms with van der Waals surface area (Å²) < 4.78 is 0. The quantitative estimate of drug-likeness (QED) is 0.181. The molecule has 0 spiro atoms. The van der Waals surface area contributed by atoms with E-state index in [9.17, 15) is 0 Å². The number of fused-ring (bicyclic) bond motifs is 4. The van der Waals surface area contributed by atoms with Crippen LogP contribution in [0.25, 0.3) is 43.4 Å². The first-order valence-electron chi connectivity index (χ1n) is 11.4. The lowest BCUT2D eigenvalue weighted by molar-refractivity contribution is 0.640. The number of aryl methyl sites for hydroxylation is 1. The minimum atomic E-state index is -0.0183. The molecule has 5 aromatic carbocycles. The van der Waals surface area contributed by atoms with Gasteiger partial charge < -0.3 is 0 Å². The van der Waals surface area contributed by atoms with Gasteiger partial charge in [-0.3, -0.25) is 0 Å². The highest BCUT2D eigenvalue weighted by Crippen LogP contribution is 2.61. The molecule has 0 saturated carbocycles. The van der Waals surface area contributed by atoms with Crippen LogP contribution < -0.4 is 0 Å². The lowest BCUT2D eigenvalue weighted by atomic mass is 9.68. The molecule has 7 rings (SSSR count). The molecule has 2 aliphatic rings. The van der Waals surface area contributed by atoms with Crippen molar-refractivity contribution in [3.63, 3.8) is 0 Å². The van der Waals surface area contributed by atoms with Crippen LogP contribution in [0.15, 0.2) is 66.7 Å². The molecule has 0 bridgehead atoms. The molecule has 0 radical (unpaired) electrons. The molecule has 0 N–H and O–H groups in total. The average Bonchev–Trinajstić information content (AvgIpc) is 3.00. The van der Waals surface area contributed by atoms with E-state index in [1.165, 1.54) is 71.3 Å². The maximum Gasteiger partial charge on any atom is 0.0165 e. The summed E-state index contributed by atoms with van der Waals surface area (Å²) >= 11 is 0. The molecule has 0 saturated heterocycles. The first kappa shape index (κ1) is 17.5. The van der Waals surface area contributed by atoms with Crippen LogP contribution in [0.1, 0.15) is 55.5 Å². The van der Waals surface area contributed by atoms with Gasteiger partial charge in [0.25, 0.3) is 0 Å². The summed E-state index contributed by atoms with van der Waals surface area (Å²) in [5, 5.41) is 8.48. The highest BCUT2D eigenvalue weighted by molar-refractivity contribution is 6.24. The van der Waals surface area contributed by atoms with E-state index in [1.54, 1.807) is 0 Å². The van der Waals surface area contributed by atoms with E-state index in [0.29, 0.717) is 0 Å². The monoisotopic (exact) mass is 398 g/mol. The van der Waals surface area contributed by atoms with E-state index in [4.69, 9.17) is 0 Å². The molecular weight excluding hydrogens is 372 g/mol. The molecule has 31 heavy (non-hydrogen) atoms. The number of hydrogen-bond donors (Lipinski definition) is 0. The van der Waals surface area contributed by atoms with Crippen LogP contribution in [-0.4, -0.2) is 0 Å². The Kier molecular flexibility index (Phi) is 2.94. The number of benzene rings is 5. The van der Waals surface area contributed by atoms with Gasteiger partial charge in [0.05, 0.1) is 0 Å². The van der Waals surface area contributed by atoms with Crippen molar-refractivity contribution in [3.8, 4) is 11.1 Å². The van der Waals surface area contributed by atoms with Crippen LogP contribution in [0.5, 0.6) is 0 Å². The van der Waals surface area contributed by atoms with Crippen molar-refractivity contribution in [2.75, 3.05) is 0 Å². The second-order valence-electron chi connectivity index (χ2n) is 10.6. The zero-order chi connectivity index (χ0) is 21.3. The van der Waals surface area contributed by atoms with E-state index < -0.39 is 0 Å². The molecular formula is C31H26. The Bertz CT molecular complexity index is 1630. The lowest BCUT2D eigenvalue weighted by Gasteiger charge is -2.35. The zero-order valence-corrected chi connectivity index (χ0v) is 18.9. The summed E-state index contributed by atoms with van der Waals surface area (Å²) in [6, 6.07) is 25.3. The van der Waals surface area contributed by atoms with Crippen LogP contribution >= 0.6 is 0 Å². The standard InChI is InChI=1S/C31H26/c1-17-19-11-7-6-10-18(19)16-21-25(17)20-12-8-13-22-26(20)28-27-23(30(22,2)3)14-9-15-24(27)31(4,5)29(21)28/h6-16H,1-5H3. The second kappa shape index (κ2) is 5.19. The predicted octanol–water partition coefficient (Wildman–Crippen LogP) is 8.40. The van der Waals surface area contributed by atoms with Crippen LogP contribution in [0.4, 0.5) is 0 Å². The second-order valence-corrected chi connectivity index (χ2v) is 10.6. The molecule has 0 heteroatoms. The smallest absolute Gasteiger partial charge is 0.0165 e. The lowest BCUT2D eigenvalue weighted by Crippen LogP contribution is -2.23. The summed E-state index contributed by atoms with van der Waals surface area (Å²) in [4.78, 5) is 0. The fraction of sp³-hybridized carbons (Fsp3) is 0.226. The first-order valence-corrected chi connectivity index (χ1v) is 11.4. The Hall–Kier alpha value is -3.12. The van der Waals surface area contributed by atoms with Crippen molar-refractivity contribution in [1.29, 1.82) is 0 Å². The summed E-state index contributed by atoms with van der Waals surface area (Å²) in [7, 11) is 0. The molecule has 0 aliphatic heterocycles.